The molecule has 0 radical (unpaired) electrons. The van der Waals surface area contributed by atoms with Crippen LogP contribution in [0.3, 0.4) is 0 Å². The molecule has 0 spiro atoms. The molecule has 19 heavy (non-hydrogen) atoms. The summed E-state index contributed by atoms with van der Waals surface area (Å²) in [6, 6.07) is 5.44. The molecule has 4 N–H and O–H groups in total. The summed E-state index contributed by atoms with van der Waals surface area (Å²) in [4.78, 5) is 19.8. The van der Waals surface area contributed by atoms with Gasteiger partial charge in [-0.2, -0.15) is 0 Å². The molecular formula is C11H9Br2N5O. The van der Waals surface area contributed by atoms with Gasteiger partial charge in [-0.15, -0.1) is 0 Å². The number of halogens is 2. The van der Waals surface area contributed by atoms with Crippen LogP contribution in [0.5, 0.6) is 0 Å². The molecular weight excluding hydrogens is 378 g/mol. The first-order valence-electron chi connectivity index (χ1n) is 5.15. The van der Waals surface area contributed by atoms with Crippen LogP contribution in [0.4, 0.5) is 11.5 Å². The number of aromatic nitrogens is 2. The highest BCUT2D eigenvalue weighted by atomic mass is 79.9. The molecule has 8 heteroatoms. The van der Waals surface area contributed by atoms with Crippen LogP contribution >= 0.6 is 31.9 Å². The van der Waals surface area contributed by atoms with Crippen LogP contribution in [0.1, 0.15) is 10.5 Å². The molecule has 0 atom stereocenters. The number of carbonyl (C=O) groups is 1. The van der Waals surface area contributed by atoms with Crippen LogP contribution in [0.2, 0.25) is 0 Å². The van der Waals surface area contributed by atoms with E-state index in [1.54, 1.807) is 6.07 Å². The summed E-state index contributed by atoms with van der Waals surface area (Å²) in [5.74, 6) is 5.21. The zero-order valence-electron chi connectivity index (χ0n) is 9.52. The van der Waals surface area contributed by atoms with Gasteiger partial charge in [0.2, 0.25) is 0 Å². The summed E-state index contributed by atoms with van der Waals surface area (Å²) in [6.45, 7) is 0. The quantitative estimate of drug-likeness (QED) is 0.556. The van der Waals surface area contributed by atoms with E-state index in [-0.39, 0.29) is 11.6 Å². The summed E-state index contributed by atoms with van der Waals surface area (Å²) >= 11 is 6.70. The number of nitrogen functional groups attached to an aromatic ring is 1. The summed E-state index contributed by atoms with van der Waals surface area (Å²) in [7, 11) is 0. The van der Waals surface area contributed by atoms with Gasteiger partial charge in [0.1, 0.15) is 5.69 Å². The lowest BCUT2D eigenvalue weighted by molar-refractivity contribution is 0.102. The normalized spacial score (nSPS) is 10.1. The van der Waals surface area contributed by atoms with Gasteiger partial charge in [-0.05, 0) is 34.1 Å². The topological polar surface area (TPSA) is 92.9 Å². The fourth-order valence-electron chi connectivity index (χ4n) is 1.30. The largest absolute Gasteiger partial charge is 0.320 e. The molecule has 6 nitrogen and oxygen atoms in total. The number of carbonyl (C=O) groups excluding carboxylic acids is 1. The number of hydrogen-bond donors (Lipinski definition) is 3. The first-order chi connectivity index (χ1) is 9.10. The first-order valence-corrected chi connectivity index (χ1v) is 6.74. The predicted molar refractivity (Wildman–Crippen MR) is 79.6 cm³/mol. The Labute approximate surface area is 126 Å². The van der Waals surface area contributed by atoms with E-state index in [2.05, 4.69) is 52.6 Å². The predicted octanol–water partition coefficient (Wildman–Crippen LogP) is 2.54. The van der Waals surface area contributed by atoms with Gasteiger partial charge in [0.15, 0.2) is 5.82 Å². The van der Waals surface area contributed by atoms with E-state index in [9.17, 15) is 4.79 Å². The number of hydrazine groups is 1. The average molecular weight is 387 g/mol. The van der Waals surface area contributed by atoms with Crippen molar-refractivity contribution in [3.63, 3.8) is 0 Å². The molecule has 0 fully saturated rings. The third-order valence-corrected chi connectivity index (χ3v) is 3.36. The standard InChI is InChI=1S/C11H9Br2N5O/c12-6-1-2-8(7(13)3-6)17-11(19)9-4-16-10(18-14)5-15-9/h1-5H,14H2,(H,16,18)(H,17,19). The average Bonchev–Trinajstić information content (AvgIpc) is 2.42. The number of nitrogens with two attached hydrogens (primary N) is 1. The molecule has 0 aliphatic rings. The first kappa shape index (κ1) is 13.9. The van der Waals surface area contributed by atoms with Gasteiger partial charge >= 0.3 is 0 Å². The van der Waals surface area contributed by atoms with Crippen LogP contribution in [-0.2, 0) is 0 Å². The second kappa shape index (κ2) is 6.09. The minimum atomic E-state index is -0.348. The Balaban J connectivity index is 2.15. The maximum Gasteiger partial charge on any atom is 0.275 e. The zero-order valence-corrected chi connectivity index (χ0v) is 12.7. The van der Waals surface area contributed by atoms with Gasteiger partial charge in [0.05, 0.1) is 18.1 Å². The van der Waals surface area contributed by atoms with Crippen LogP contribution in [0.25, 0.3) is 0 Å². The summed E-state index contributed by atoms with van der Waals surface area (Å²) < 4.78 is 1.68. The third-order valence-electron chi connectivity index (χ3n) is 2.21. The Bertz CT molecular complexity index is 603. The molecule has 2 aromatic rings. The van der Waals surface area contributed by atoms with E-state index in [0.29, 0.717) is 11.5 Å². The van der Waals surface area contributed by atoms with Crippen LogP contribution in [0, 0.1) is 0 Å². The summed E-state index contributed by atoms with van der Waals surface area (Å²) in [6.07, 6.45) is 2.73. The smallest absolute Gasteiger partial charge is 0.275 e. The molecule has 1 amide bonds. The van der Waals surface area contributed by atoms with Crippen molar-refractivity contribution in [1.82, 2.24) is 9.97 Å². The number of anilines is 2. The van der Waals surface area contributed by atoms with Gasteiger partial charge in [-0.1, -0.05) is 15.9 Å². The maximum atomic E-state index is 12.0. The van der Waals surface area contributed by atoms with Crippen LogP contribution in [-0.4, -0.2) is 15.9 Å². The Morgan fingerprint density at radius 3 is 2.58 bits per heavy atom. The van der Waals surface area contributed by atoms with E-state index >= 15 is 0 Å². The van der Waals surface area contributed by atoms with E-state index in [1.807, 2.05) is 12.1 Å². The van der Waals surface area contributed by atoms with E-state index < -0.39 is 0 Å². The zero-order chi connectivity index (χ0) is 13.8. The lowest BCUT2D eigenvalue weighted by Crippen LogP contribution is -2.15. The van der Waals surface area contributed by atoms with Crippen molar-refractivity contribution in [2.24, 2.45) is 5.84 Å². The molecule has 0 aliphatic carbocycles. The Kier molecular flexibility index (Phi) is 4.46. The van der Waals surface area contributed by atoms with E-state index in [1.165, 1.54) is 12.4 Å². The monoisotopic (exact) mass is 385 g/mol. The van der Waals surface area contributed by atoms with Gasteiger partial charge < -0.3 is 10.7 Å². The molecule has 0 saturated carbocycles. The molecule has 98 valence electrons. The minimum Gasteiger partial charge on any atom is -0.320 e. The van der Waals surface area contributed by atoms with Gasteiger partial charge in [-0.3, -0.25) is 4.79 Å². The summed E-state index contributed by atoms with van der Waals surface area (Å²) in [5.41, 5.74) is 3.19. The second-order valence-electron chi connectivity index (χ2n) is 3.51. The van der Waals surface area contributed by atoms with Crippen molar-refractivity contribution >= 4 is 49.3 Å². The van der Waals surface area contributed by atoms with Gasteiger partial charge in [-0.25, -0.2) is 15.8 Å². The minimum absolute atomic E-state index is 0.203. The molecule has 0 unspecified atom stereocenters. The van der Waals surface area contributed by atoms with Crippen LogP contribution in [0.15, 0.2) is 39.5 Å². The second-order valence-corrected chi connectivity index (χ2v) is 5.28. The van der Waals surface area contributed by atoms with Crippen LogP contribution < -0.4 is 16.6 Å². The lowest BCUT2D eigenvalue weighted by atomic mass is 10.3. The molecule has 0 saturated heterocycles. The number of benzene rings is 1. The SMILES string of the molecule is NNc1cnc(C(=O)Nc2ccc(Br)cc2Br)cn1. The number of nitrogens with zero attached hydrogens (tertiary/aromatic N) is 2. The number of nitrogens with one attached hydrogen (secondary N) is 2. The Hall–Kier alpha value is -1.51. The number of hydrogen-bond acceptors (Lipinski definition) is 5. The third kappa shape index (κ3) is 3.49. The van der Waals surface area contributed by atoms with Crippen molar-refractivity contribution in [3.05, 3.63) is 45.2 Å². The molecule has 0 aliphatic heterocycles. The number of rotatable bonds is 3. The maximum absolute atomic E-state index is 12.0. The molecule has 1 aromatic heterocycles. The van der Waals surface area contributed by atoms with E-state index in [0.717, 1.165) is 8.95 Å². The molecule has 2 rings (SSSR count). The lowest BCUT2D eigenvalue weighted by Gasteiger charge is -2.07. The van der Waals surface area contributed by atoms with E-state index in [4.69, 9.17) is 5.84 Å². The highest BCUT2D eigenvalue weighted by Gasteiger charge is 2.10. The van der Waals surface area contributed by atoms with Crippen molar-refractivity contribution in [3.8, 4) is 0 Å². The van der Waals surface area contributed by atoms with Gasteiger partial charge in [0, 0.05) is 8.95 Å². The Morgan fingerprint density at radius 1 is 1.21 bits per heavy atom. The molecule has 0 bridgehead atoms. The molecule has 1 aromatic carbocycles. The Morgan fingerprint density at radius 2 is 2.00 bits per heavy atom. The fourth-order valence-corrected chi connectivity index (χ4v) is 2.44. The fraction of sp³-hybridized carbons (Fsp3) is 0. The highest BCUT2D eigenvalue weighted by molar-refractivity contribution is 9.11. The highest BCUT2D eigenvalue weighted by Crippen LogP contribution is 2.26. The molecule has 1 heterocycles. The summed E-state index contributed by atoms with van der Waals surface area (Å²) in [5, 5.41) is 2.73. The van der Waals surface area contributed by atoms with Crippen molar-refractivity contribution in [2.45, 2.75) is 0 Å². The van der Waals surface area contributed by atoms with Crippen molar-refractivity contribution in [1.29, 1.82) is 0 Å². The number of amides is 1. The van der Waals surface area contributed by atoms with Crippen molar-refractivity contribution < 1.29 is 4.79 Å². The van der Waals surface area contributed by atoms with Gasteiger partial charge in [0.25, 0.3) is 5.91 Å². The van der Waals surface area contributed by atoms with Crippen molar-refractivity contribution in [2.75, 3.05) is 10.7 Å².